The predicted octanol–water partition coefficient (Wildman–Crippen LogP) is 5.48. The van der Waals surface area contributed by atoms with Gasteiger partial charge in [0.25, 0.3) is 5.91 Å². The zero-order valence-electron chi connectivity index (χ0n) is 20.9. The molecule has 0 fully saturated rings. The highest BCUT2D eigenvalue weighted by molar-refractivity contribution is 5.94. The number of hydrogen-bond acceptors (Lipinski definition) is 5. The van der Waals surface area contributed by atoms with Crippen molar-refractivity contribution in [3.8, 4) is 17.0 Å². The molecule has 4 rings (SSSR count). The fraction of sp³-hybridized carbons (Fsp3) is 0.321. The first-order chi connectivity index (χ1) is 16.9. The molecule has 7 heteroatoms. The van der Waals surface area contributed by atoms with Crippen molar-refractivity contribution >= 4 is 22.6 Å². The fourth-order valence-electron chi connectivity index (χ4n) is 4.42. The molecule has 2 heterocycles. The molecule has 2 aromatic carbocycles. The number of ether oxygens (including phenoxy) is 1. The molecule has 0 spiro atoms. The van der Waals surface area contributed by atoms with Gasteiger partial charge in [0.1, 0.15) is 17.9 Å². The normalized spacial score (nSPS) is 13.7. The van der Waals surface area contributed by atoms with E-state index < -0.39 is 0 Å². The summed E-state index contributed by atoms with van der Waals surface area (Å²) in [5.74, 6) is 2.40. The van der Waals surface area contributed by atoms with E-state index in [1.165, 1.54) is 0 Å². The number of nitrogens with zero attached hydrogens (tertiary/aromatic N) is 2. The van der Waals surface area contributed by atoms with Gasteiger partial charge in [-0.05, 0) is 53.6 Å². The Hall–Kier alpha value is -3.87. The lowest BCUT2D eigenvalue weighted by Gasteiger charge is -2.28. The van der Waals surface area contributed by atoms with Gasteiger partial charge >= 0.3 is 0 Å². The van der Waals surface area contributed by atoms with Crippen LogP contribution in [0, 0.1) is 11.8 Å². The SMILES string of the molecule is CNC(=O)c1ccc(C(C)[C@H](C)C(C)CNc2cc(-c3ccc4[nH]ccc4c3)ncn2)c(OC)c1. The number of anilines is 1. The molecule has 3 N–H and O–H groups in total. The first-order valence-electron chi connectivity index (χ1n) is 11.9. The maximum absolute atomic E-state index is 12.0. The molecule has 4 aromatic rings. The second-order valence-electron chi connectivity index (χ2n) is 9.11. The summed E-state index contributed by atoms with van der Waals surface area (Å²) < 4.78 is 5.62. The van der Waals surface area contributed by atoms with Gasteiger partial charge < -0.3 is 20.4 Å². The van der Waals surface area contributed by atoms with Gasteiger partial charge in [-0.1, -0.05) is 32.9 Å². The van der Waals surface area contributed by atoms with Crippen LogP contribution in [0.5, 0.6) is 5.75 Å². The van der Waals surface area contributed by atoms with Crippen molar-refractivity contribution in [3.05, 3.63) is 72.2 Å². The molecule has 0 saturated carbocycles. The van der Waals surface area contributed by atoms with Crippen LogP contribution in [-0.2, 0) is 0 Å². The van der Waals surface area contributed by atoms with Gasteiger partial charge in [0.2, 0.25) is 0 Å². The summed E-state index contributed by atoms with van der Waals surface area (Å²) in [7, 11) is 3.28. The third kappa shape index (κ3) is 5.29. The van der Waals surface area contributed by atoms with Crippen molar-refractivity contribution in [3.63, 3.8) is 0 Å². The Labute approximate surface area is 206 Å². The average molecular weight is 472 g/mol. The highest BCUT2D eigenvalue weighted by Crippen LogP contribution is 2.36. The van der Waals surface area contributed by atoms with Gasteiger partial charge in [-0.25, -0.2) is 9.97 Å². The molecule has 0 aliphatic heterocycles. The molecule has 0 bridgehead atoms. The molecule has 0 radical (unpaired) electrons. The van der Waals surface area contributed by atoms with Gasteiger partial charge in [0.05, 0.1) is 12.8 Å². The van der Waals surface area contributed by atoms with Crippen molar-refractivity contribution < 1.29 is 9.53 Å². The topological polar surface area (TPSA) is 91.9 Å². The Morgan fingerprint density at radius 3 is 2.66 bits per heavy atom. The van der Waals surface area contributed by atoms with Gasteiger partial charge in [0.15, 0.2) is 0 Å². The van der Waals surface area contributed by atoms with Crippen LogP contribution in [0.15, 0.2) is 61.1 Å². The van der Waals surface area contributed by atoms with Gasteiger partial charge in [-0.2, -0.15) is 0 Å². The second kappa shape index (κ2) is 10.6. The van der Waals surface area contributed by atoms with Crippen molar-refractivity contribution in [2.45, 2.75) is 26.7 Å². The third-order valence-corrected chi connectivity index (χ3v) is 7.02. The summed E-state index contributed by atoms with van der Waals surface area (Å²) >= 11 is 0. The molecular weight excluding hydrogens is 438 g/mol. The van der Waals surface area contributed by atoms with Crippen LogP contribution in [0.4, 0.5) is 5.82 Å². The van der Waals surface area contributed by atoms with Crippen LogP contribution in [0.2, 0.25) is 0 Å². The number of aromatic nitrogens is 3. The minimum absolute atomic E-state index is 0.120. The van der Waals surface area contributed by atoms with E-state index in [9.17, 15) is 4.79 Å². The van der Waals surface area contributed by atoms with Gasteiger partial charge in [0, 0.05) is 47.9 Å². The van der Waals surface area contributed by atoms with Crippen LogP contribution in [0.1, 0.15) is 42.6 Å². The van der Waals surface area contributed by atoms with Crippen LogP contribution >= 0.6 is 0 Å². The van der Waals surface area contributed by atoms with Crippen LogP contribution in [0.25, 0.3) is 22.2 Å². The minimum Gasteiger partial charge on any atom is -0.496 e. The number of carbonyl (C=O) groups excluding carboxylic acids is 1. The molecule has 2 unspecified atom stereocenters. The van der Waals surface area contributed by atoms with Crippen molar-refractivity contribution in [2.24, 2.45) is 11.8 Å². The molecule has 0 aliphatic rings. The lowest BCUT2D eigenvalue weighted by atomic mass is 9.80. The predicted molar refractivity (Wildman–Crippen MR) is 141 cm³/mol. The monoisotopic (exact) mass is 471 g/mol. The summed E-state index contributed by atoms with van der Waals surface area (Å²) in [6, 6.07) is 16.0. The smallest absolute Gasteiger partial charge is 0.251 e. The Morgan fingerprint density at radius 2 is 1.89 bits per heavy atom. The zero-order valence-corrected chi connectivity index (χ0v) is 20.9. The highest BCUT2D eigenvalue weighted by atomic mass is 16.5. The number of fused-ring (bicyclic) bond motifs is 1. The number of methoxy groups -OCH3 is 1. The first-order valence-corrected chi connectivity index (χ1v) is 11.9. The molecule has 1 amide bonds. The van der Waals surface area contributed by atoms with E-state index >= 15 is 0 Å². The maximum atomic E-state index is 12.0. The van der Waals surface area contributed by atoms with E-state index in [0.29, 0.717) is 17.4 Å². The van der Waals surface area contributed by atoms with E-state index in [1.807, 2.05) is 30.5 Å². The summed E-state index contributed by atoms with van der Waals surface area (Å²) in [5.41, 5.74) is 4.75. The van der Waals surface area contributed by atoms with Crippen LogP contribution in [-0.4, -0.2) is 41.6 Å². The molecule has 182 valence electrons. The Morgan fingerprint density at radius 1 is 1.06 bits per heavy atom. The molecule has 0 aliphatic carbocycles. The Kier molecular flexibility index (Phi) is 7.34. The molecule has 0 saturated heterocycles. The lowest BCUT2D eigenvalue weighted by Crippen LogP contribution is -2.23. The number of carbonyl (C=O) groups is 1. The number of aromatic amines is 1. The summed E-state index contributed by atoms with van der Waals surface area (Å²) in [4.78, 5) is 24.1. The van der Waals surface area contributed by atoms with Crippen LogP contribution in [0.3, 0.4) is 0 Å². The second-order valence-corrected chi connectivity index (χ2v) is 9.11. The van der Waals surface area contributed by atoms with E-state index in [0.717, 1.165) is 45.8 Å². The Bertz CT molecular complexity index is 1320. The summed E-state index contributed by atoms with van der Waals surface area (Å²) in [6.45, 7) is 7.47. The fourth-order valence-corrected chi connectivity index (χ4v) is 4.42. The lowest BCUT2D eigenvalue weighted by molar-refractivity contribution is 0.0962. The average Bonchev–Trinajstić information content (AvgIpc) is 3.38. The molecule has 2 aromatic heterocycles. The zero-order chi connectivity index (χ0) is 24.9. The molecule has 35 heavy (non-hydrogen) atoms. The van der Waals surface area contributed by atoms with Crippen molar-refractivity contribution in [1.82, 2.24) is 20.3 Å². The number of amides is 1. The van der Waals surface area contributed by atoms with Crippen molar-refractivity contribution in [1.29, 1.82) is 0 Å². The summed E-state index contributed by atoms with van der Waals surface area (Å²) in [6.07, 6.45) is 3.55. The number of nitrogens with one attached hydrogen (secondary N) is 3. The molecule has 3 atom stereocenters. The maximum Gasteiger partial charge on any atom is 0.251 e. The van der Waals surface area contributed by atoms with E-state index in [-0.39, 0.29) is 11.8 Å². The number of benzene rings is 2. The number of rotatable bonds is 9. The van der Waals surface area contributed by atoms with Crippen molar-refractivity contribution in [2.75, 3.05) is 26.0 Å². The largest absolute Gasteiger partial charge is 0.496 e. The standard InChI is InChI=1S/C28H33N5O2/c1-17(18(2)19(3)23-8-6-22(28(34)29-4)13-26(23)35-5)15-31-27-14-25(32-16-33-27)20-7-9-24-21(12-20)10-11-30-24/h6-14,16-19,30H,15H2,1-5H3,(H,29,34)(H,31,32,33)/t17?,18-,19?/m1/s1. The van der Waals surface area contributed by atoms with Gasteiger partial charge in [-0.15, -0.1) is 0 Å². The van der Waals surface area contributed by atoms with E-state index in [4.69, 9.17) is 4.74 Å². The highest BCUT2D eigenvalue weighted by Gasteiger charge is 2.24. The number of H-pyrrole nitrogens is 1. The molecular formula is C28H33N5O2. The van der Waals surface area contributed by atoms with Crippen LogP contribution < -0.4 is 15.4 Å². The van der Waals surface area contributed by atoms with E-state index in [2.05, 4.69) is 70.6 Å². The number of hydrogen-bond donors (Lipinski definition) is 3. The summed E-state index contributed by atoms with van der Waals surface area (Å²) in [5, 5.41) is 7.31. The quantitative estimate of drug-likeness (QED) is 0.301. The third-order valence-electron chi connectivity index (χ3n) is 7.02. The minimum atomic E-state index is -0.120. The van der Waals surface area contributed by atoms with Gasteiger partial charge in [-0.3, -0.25) is 4.79 Å². The molecule has 7 nitrogen and oxygen atoms in total. The first kappa shape index (κ1) is 24.3. The van der Waals surface area contributed by atoms with E-state index in [1.54, 1.807) is 20.5 Å². The Balaban J connectivity index is 1.43.